The van der Waals surface area contributed by atoms with E-state index in [1.807, 2.05) is 55.5 Å². The normalized spacial score (nSPS) is 15.7. The lowest BCUT2D eigenvalue weighted by Crippen LogP contribution is -2.28. The first-order valence-electron chi connectivity index (χ1n) is 10.2. The maximum Gasteiger partial charge on any atom is 0.353 e. The lowest BCUT2D eigenvalue weighted by atomic mass is 9.98. The number of halogens is 1. The summed E-state index contributed by atoms with van der Waals surface area (Å²) in [5.74, 6) is -1.08. The van der Waals surface area contributed by atoms with Crippen LogP contribution in [0.15, 0.2) is 66.9 Å². The van der Waals surface area contributed by atoms with Gasteiger partial charge in [0.2, 0.25) is 0 Å². The number of para-hydroxylation sites is 1. The fraction of sp³-hybridized carbons (Fsp3) is 0.120. The highest BCUT2D eigenvalue weighted by molar-refractivity contribution is 6.30. The van der Waals surface area contributed by atoms with Crippen LogP contribution in [0.1, 0.15) is 27.2 Å². The highest BCUT2D eigenvalue weighted by Crippen LogP contribution is 2.36. The summed E-state index contributed by atoms with van der Waals surface area (Å²) in [6.07, 6.45) is 4.10. The standard InChI is InChI=1S/C25H20ClN3O3/c1-14-8-9-20-18(11-14)21(17-6-4-10-27-24(17)30)22(25(31)32)29(20)13-16-12-15-5-2-3-7-19(15)28-23(16)26/h2-12,24,27,30H,13H2,1H3,(H,31,32). The number of carboxylic acids is 1. The van der Waals surface area contributed by atoms with Crippen LogP contribution in [0.5, 0.6) is 0 Å². The van der Waals surface area contributed by atoms with Gasteiger partial charge in [0.05, 0.1) is 12.1 Å². The van der Waals surface area contributed by atoms with Gasteiger partial charge < -0.3 is 20.1 Å². The molecule has 1 aliphatic rings. The number of carboxylic acid groups (broad SMARTS) is 1. The fourth-order valence-electron chi connectivity index (χ4n) is 4.26. The van der Waals surface area contributed by atoms with Gasteiger partial charge in [-0.3, -0.25) is 0 Å². The lowest BCUT2D eigenvalue weighted by Gasteiger charge is -2.19. The van der Waals surface area contributed by atoms with E-state index >= 15 is 0 Å². The molecular weight excluding hydrogens is 426 g/mol. The SMILES string of the molecule is Cc1ccc2c(c1)c(C1=CC=CNC1O)c(C(=O)O)n2Cc1cc2ccccc2nc1Cl. The maximum absolute atomic E-state index is 12.5. The van der Waals surface area contributed by atoms with Crippen molar-refractivity contribution in [1.29, 1.82) is 0 Å². The summed E-state index contributed by atoms with van der Waals surface area (Å²) in [7, 11) is 0. The minimum atomic E-state index is -1.08. The summed E-state index contributed by atoms with van der Waals surface area (Å²) >= 11 is 6.50. The second kappa shape index (κ2) is 7.82. The van der Waals surface area contributed by atoms with Crippen LogP contribution >= 0.6 is 11.6 Å². The quantitative estimate of drug-likeness (QED) is 0.396. The Morgan fingerprint density at radius 1 is 1.22 bits per heavy atom. The van der Waals surface area contributed by atoms with Gasteiger partial charge in [0.1, 0.15) is 10.8 Å². The molecule has 0 saturated carbocycles. The Kier molecular flexibility index (Phi) is 4.96. The van der Waals surface area contributed by atoms with Crippen LogP contribution in [0, 0.1) is 6.92 Å². The monoisotopic (exact) mass is 445 g/mol. The van der Waals surface area contributed by atoms with E-state index in [9.17, 15) is 15.0 Å². The smallest absolute Gasteiger partial charge is 0.353 e. The van der Waals surface area contributed by atoms with Crippen molar-refractivity contribution in [2.24, 2.45) is 0 Å². The zero-order chi connectivity index (χ0) is 22.4. The molecule has 3 heterocycles. The fourth-order valence-corrected chi connectivity index (χ4v) is 4.47. The van der Waals surface area contributed by atoms with E-state index in [-0.39, 0.29) is 12.2 Å². The van der Waals surface area contributed by atoms with Crippen molar-refractivity contribution in [3.8, 4) is 0 Å². The Bertz CT molecular complexity index is 1450. The molecule has 2 aromatic carbocycles. The molecule has 0 radical (unpaired) electrons. The Hall–Kier alpha value is -3.61. The van der Waals surface area contributed by atoms with E-state index in [0.717, 1.165) is 27.4 Å². The molecule has 32 heavy (non-hydrogen) atoms. The van der Waals surface area contributed by atoms with Gasteiger partial charge in [-0.1, -0.05) is 47.5 Å². The van der Waals surface area contributed by atoms with Crippen molar-refractivity contribution in [3.05, 3.63) is 94.4 Å². The summed E-state index contributed by atoms with van der Waals surface area (Å²) < 4.78 is 1.73. The van der Waals surface area contributed by atoms with Gasteiger partial charge in [0, 0.05) is 33.0 Å². The number of aromatic nitrogens is 2. The van der Waals surface area contributed by atoms with Crippen LogP contribution < -0.4 is 5.32 Å². The van der Waals surface area contributed by atoms with Crippen LogP contribution in [0.25, 0.3) is 27.4 Å². The molecule has 2 aromatic heterocycles. The number of allylic oxidation sites excluding steroid dienone is 2. The summed E-state index contributed by atoms with van der Waals surface area (Å²) in [5, 5.41) is 25.6. The van der Waals surface area contributed by atoms with Crippen molar-refractivity contribution in [3.63, 3.8) is 0 Å². The van der Waals surface area contributed by atoms with Gasteiger partial charge in [0.15, 0.2) is 6.23 Å². The molecule has 1 atom stereocenters. The molecule has 0 aliphatic carbocycles. The molecule has 5 rings (SSSR count). The molecule has 7 heteroatoms. The molecule has 6 nitrogen and oxygen atoms in total. The molecule has 3 N–H and O–H groups in total. The molecule has 1 unspecified atom stereocenters. The zero-order valence-corrected chi connectivity index (χ0v) is 18.0. The van der Waals surface area contributed by atoms with E-state index in [0.29, 0.717) is 21.9 Å². The number of aliphatic hydroxyl groups excluding tert-OH is 1. The van der Waals surface area contributed by atoms with Gasteiger partial charge in [-0.2, -0.15) is 0 Å². The van der Waals surface area contributed by atoms with Gasteiger partial charge in [-0.05, 0) is 43.5 Å². The average Bonchev–Trinajstić information content (AvgIpc) is 3.08. The summed E-state index contributed by atoms with van der Waals surface area (Å²) in [5.41, 5.74) is 4.32. The topological polar surface area (TPSA) is 87.4 Å². The third kappa shape index (κ3) is 3.34. The number of aryl methyl sites for hydroxylation is 1. The molecule has 4 aromatic rings. The first-order valence-corrected chi connectivity index (χ1v) is 10.5. The summed E-state index contributed by atoms with van der Waals surface area (Å²) in [4.78, 5) is 17.0. The number of nitrogens with one attached hydrogen (secondary N) is 1. The molecular formula is C25H20ClN3O3. The van der Waals surface area contributed by atoms with Crippen molar-refractivity contribution >= 4 is 44.9 Å². The Morgan fingerprint density at radius 3 is 2.81 bits per heavy atom. The number of hydrogen-bond acceptors (Lipinski definition) is 4. The van der Waals surface area contributed by atoms with E-state index in [1.54, 1.807) is 22.9 Å². The number of rotatable bonds is 4. The van der Waals surface area contributed by atoms with Crippen molar-refractivity contribution in [2.75, 3.05) is 0 Å². The number of hydrogen-bond donors (Lipinski definition) is 3. The van der Waals surface area contributed by atoms with Gasteiger partial charge in [-0.25, -0.2) is 9.78 Å². The van der Waals surface area contributed by atoms with Crippen LogP contribution in [0.3, 0.4) is 0 Å². The van der Waals surface area contributed by atoms with Crippen LogP contribution in [-0.2, 0) is 6.54 Å². The summed E-state index contributed by atoms with van der Waals surface area (Å²) in [6.45, 7) is 2.18. The largest absolute Gasteiger partial charge is 0.477 e. The number of pyridine rings is 1. The molecule has 0 spiro atoms. The second-order valence-corrected chi connectivity index (χ2v) is 8.17. The van der Waals surface area contributed by atoms with Crippen LogP contribution in [0.2, 0.25) is 5.15 Å². The highest BCUT2D eigenvalue weighted by atomic mass is 35.5. The Balaban J connectivity index is 1.78. The maximum atomic E-state index is 12.5. The lowest BCUT2D eigenvalue weighted by molar-refractivity contribution is 0.0685. The summed E-state index contributed by atoms with van der Waals surface area (Å²) in [6, 6.07) is 15.4. The molecule has 0 saturated heterocycles. The van der Waals surface area contributed by atoms with Crippen molar-refractivity contribution < 1.29 is 15.0 Å². The minimum absolute atomic E-state index is 0.0947. The molecule has 160 valence electrons. The number of aliphatic hydroxyl groups is 1. The minimum Gasteiger partial charge on any atom is -0.477 e. The van der Waals surface area contributed by atoms with E-state index in [4.69, 9.17) is 11.6 Å². The number of carbonyl (C=O) groups is 1. The molecule has 1 aliphatic heterocycles. The number of dihydropyridines is 1. The number of aromatic carboxylic acids is 1. The van der Waals surface area contributed by atoms with Crippen molar-refractivity contribution in [1.82, 2.24) is 14.9 Å². The third-order valence-electron chi connectivity index (χ3n) is 5.71. The predicted molar refractivity (Wildman–Crippen MR) is 126 cm³/mol. The molecule has 0 fully saturated rings. The second-order valence-electron chi connectivity index (χ2n) is 7.82. The predicted octanol–water partition coefficient (Wildman–Crippen LogP) is 4.72. The number of nitrogens with zero attached hydrogens (tertiary/aromatic N) is 2. The molecule has 0 bridgehead atoms. The average molecular weight is 446 g/mol. The van der Waals surface area contributed by atoms with Gasteiger partial charge in [-0.15, -0.1) is 0 Å². The zero-order valence-electron chi connectivity index (χ0n) is 17.2. The Morgan fingerprint density at radius 2 is 2.03 bits per heavy atom. The van der Waals surface area contributed by atoms with E-state index < -0.39 is 12.2 Å². The van der Waals surface area contributed by atoms with Crippen LogP contribution in [-0.4, -0.2) is 32.0 Å². The third-order valence-corrected chi connectivity index (χ3v) is 6.04. The number of benzene rings is 2. The molecule has 0 amide bonds. The van der Waals surface area contributed by atoms with Crippen LogP contribution in [0.4, 0.5) is 0 Å². The number of fused-ring (bicyclic) bond motifs is 2. The highest BCUT2D eigenvalue weighted by Gasteiger charge is 2.28. The Labute approximate surface area is 189 Å². The first kappa shape index (κ1) is 20.3. The van der Waals surface area contributed by atoms with Gasteiger partial charge >= 0.3 is 5.97 Å². The van der Waals surface area contributed by atoms with E-state index in [1.165, 1.54) is 0 Å². The van der Waals surface area contributed by atoms with Gasteiger partial charge in [0.25, 0.3) is 0 Å². The first-order chi connectivity index (χ1) is 15.4. The van der Waals surface area contributed by atoms with E-state index in [2.05, 4.69) is 10.3 Å². The van der Waals surface area contributed by atoms with Crippen molar-refractivity contribution in [2.45, 2.75) is 19.7 Å².